The van der Waals surface area contributed by atoms with E-state index in [-0.39, 0.29) is 25.5 Å². The number of benzene rings is 5. The van der Waals surface area contributed by atoms with Gasteiger partial charge < -0.3 is 33.7 Å². The lowest BCUT2D eigenvalue weighted by Crippen LogP contribution is -2.49. The van der Waals surface area contributed by atoms with Gasteiger partial charge >= 0.3 is 5.97 Å². The van der Waals surface area contributed by atoms with Gasteiger partial charge in [-0.15, -0.1) is 11.3 Å². The minimum absolute atomic E-state index is 0.0615. The summed E-state index contributed by atoms with van der Waals surface area (Å²) >= 11 is 16.7. The number of carboxylic acids is 1. The number of aryl methyl sites for hydroxylation is 1. The van der Waals surface area contributed by atoms with Crippen molar-refractivity contribution >= 4 is 87.9 Å². The molecule has 3 aliphatic heterocycles. The van der Waals surface area contributed by atoms with E-state index in [1.165, 1.54) is 23.2 Å². The first kappa shape index (κ1) is 45.2. The summed E-state index contributed by atoms with van der Waals surface area (Å²) in [6, 6.07) is 21.2. The predicted molar refractivity (Wildman–Crippen MR) is 271 cm³/mol. The van der Waals surface area contributed by atoms with E-state index in [0.29, 0.717) is 66.9 Å². The van der Waals surface area contributed by atoms with Crippen LogP contribution in [0.5, 0.6) is 28.9 Å². The average molecular weight is 984 g/mol. The molecule has 12 rings (SSSR count). The maximum atomic E-state index is 13.4. The van der Waals surface area contributed by atoms with Gasteiger partial charge in [0.1, 0.15) is 47.7 Å². The standard InChI is InChI=1S/C53H48Cl2N6O7S/c1-29-42-43-38-23-31(30-8-4-5-9-30)12-14-36(38)49-44(42)45-51(57-28-58-52(45)69-49)68-41(53(62)63)24-32-22-34(65-27-35(67-48(46(29)54)47(43)55)25-61-20-18-60(2)19-21-61)13-15-39(32)66-26-33-16-17-56-50(59-33)37-10-6-7-11-40(37)64-3/h6-8,10-17,22-23,28,35,41H,4-5,9,18-21,24-27H2,1-3H3,(H,62,63)/t35-,41?/m1/s1. The zero-order valence-corrected chi connectivity index (χ0v) is 40.6. The number of hydrogen-bond donors (Lipinski definition) is 1. The Balaban J connectivity index is 1.06. The minimum atomic E-state index is -1.41. The lowest BCUT2D eigenvalue weighted by Gasteiger charge is -2.35. The van der Waals surface area contributed by atoms with Crippen LogP contribution in [0.15, 0.2) is 85.3 Å². The van der Waals surface area contributed by atoms with Gasteiger partial charge in [0, 0.05) is 71.8 Å². The molecular weight excluding hydrogens is 936 g/mol. The van der Waals surface area contributed by atoms with Crippen LogP contribution in [-0.4, -0.2) is 107 Å². The van der Waals surface area contributed by atoms with Crippen molar-refractivity contribution in [1.82, 2.24) is 29.7 Å². The molecule has 5 aromatic carbocycles. The maximum Gasteiger partial charge on any atom is 0.345 e. The minimum Gasteiger partial charge on any atom is -0.496 e. The van der Waals surface area contributed by atoms with Gasteiger partial charge in [-0.3, -0.25) is 4.90 Å². The van der Waals surface area contributed by atoms with Crippen LogP contribution in [0, 0.1) is 6.92 Å². The number of rotatable bonds is 9. The van der Waals surface area contributed by atoms with Crippen molar-refractivity contribution in [3.05, 3.63) is 118 Å². The zero-order valence-electron chi connectivity index (χ0n) is 38.3. The summed E-state index contributed by atoms with van der Waals surface area (Å²) in [4.78, 5) is 37.4. The average Bonchev–Trinajstić information content (AvgIpc) is 4.06. The van der Waals surface area contributed by atoms with Crippen molar-refractivity contribution in [2.24, 2.45) is 0 Å². The number of thiophene rings is 1. The second kappa shape index (κ2) is 18.9. The van der Waals surface area contributed by atoms with Crippen molar-refractivity contribution in [3.63, 3.8) is 0 Å². The molecule has 0 radical (unpaired) electrons. The van der Waals surface area contributed by atoms with Crippen LogP contribution in [0.3, 0.4) is 0 Å². The molecule has 1 aliphatic carbocycles. The van der Waals surface area contributed by atoms with Crippen LogP contribution < -0.4 is 23.7 Å². The fourth-order valence-corrected chi connectivity index (χ4v) is 11.6. The molecule has 1 unspecified atom stereocenters. The van der Waals surface area contributed by atoms with Gasteiger partial charge in [-0.05, 0) is 103 Å². The summed E-state index contributed by atoms with van der Waals surface area (Å²) in [5.41, 5.74) is 5.08. The molecule has 3 aromatic heterocycles. The van der Waals surface area contributed by atoms with E-state index in [4.69, 9.17) is 56.9 Å². The molecule has 13 nitrogen and oxygen atoms in total. The number of carboxylic acid groups (broad SMARTS) is 1. The molecule has 1 saturated heterocycles. The number of allylic oxidation sites excluding steroid dienone is 2. The molecule has 1 fully saturated rings. The van der Waals surface area contributed by atoms with Gasteiger partial charge in [-0.1, -0.05) is 53.5 Å². The van der Waals surface area contributed by atoms with Crippen molar-refractivity contribution in [1.29, 1.82) is 0 Å². The third-order valence-corrected chi connectivity index (χ3v) is 15.3. The second-order valence-electron chi connectivity index (χ2n) is 17.8. The van der Waals surface area contributed by atoms with Gasteiger partial charge in [0.15, 0.2) is 11.6 Å². The van der Waals surface area contributed by atoms with Crippen LogP contribution in [-0.2, 0) is 17.8 Å². The molecule has 0 amide bonds. The summed E-state index contributed by atoms with van der Waals surface area (Å²) in [6.07, 6.45) is 6.52. The molecule has 4 aliphatic rings. The van der Waals surface area contributed by atoms with E-state index in [9.17, 15) is 9.90 Å². The highest BCUT2D eigenvalue weighted by molar-refractivity contribution is 7.26. The van der Waals surface area contributed by atoms with E-state index in [1.54, 1.807) is 37.6 Å². The molecule has 0 spiro atoms. The first-order chi connectivity index (χ1) is 33.6. The molecular formula is C53H48Cl2N6O7S. The van der Waals surface area contributed by atoms with Crippen LogP contribution in [0.1, 0.15) is 41.6 Å². The van der Waals surface area contributed by atoms with Crippen LogP contribution in [0.2, 0.25) is 10.0 Å². The molecule has 1 N–H and O–H groups in total. The Bertz CT molecular complexity index is 3360. The number of hydrogen-bond acceptors (Lipinski definition) is 13. The lowest BCUT2D eigenvalue weighted by molar-refractivity contribution is -0.145. The Morgan fingerprint density at radius 2 is 1.77 bits per heavy atom. The van der Waals surface area contributed by atoms with Crippen LogP contribution >= 0.6 is 34.5 Å². The summed E-state index contributed by atoms with van der Waals surface area (Å²) in [5.74, 6) is 1.35. The number of methoxy groups -OCH3 is 1. The van der Waals surface area contributed by atoms with Crippen LogP contribution in [0.4, 0.5) is 0 Å². The fraction of sp³-hybridized carbons (Fsp3) is 0.302. The smallest absolute Gasteiger partial charge is 0.345 e. The molecule has 2 atom stereocenters. The Kier molecular flexibility index (Phi) is 12.4. The van der Waals surface area contributed by atoms with Crippen molar-refractivity contribution in [2.75, 3.05) is 53.5 Å². The predicted octanol–water partition coefficient (Wildman–Crippen LogP) is 10.8. The van der Waals surface area contributed by atoms with Gasteiger partial charge in [-0.2, -0.15) is 0 Å². The Morgan fingerprint density at radius 3 is 2.58 bits per heavy atom. The number of piperazine rings is 1. The van der Waals surface area contributed by atoms with Gasteiger partial charge in [0.25, 0.3) is 0 Å². The van der Waals surface area contributed by atoms with Crippen molar-refractivity contribution < 1.29 is 33.6 Å². The monoisotopic (exact) mass is 982 g/mol. The fourth-order valence-electron chi connectivity index (χ4n) is 9.81. The highest BCUT2D eigenvalue weighted by atomic mass is 35.5. The number of halogens is 2. The highest BCUT2D eigenvalue weighted by Crippen LogP contribution is 2.53. The van der Waals surface area contributed by atoms with E-state index in [1.807, 2.05) is 31.2 Å². The first-order valence-electron chi connectivity index (χ1n) is 23.1. The molecule has 0 saturated carbocycles. The van der Waals surface area contributed by atoms with Gasteiger partial charge in [0.05, 0.1) is 33.8 Å². The summed E-state index contributed by atoms with van der Waals surface area (Å²) in [6.45, 7) is 6.25. The zero-order chi connectivity index (χ0) is 47.3. The van der Waals surface area contributed by atoms with E-state index in [2.05, 4.69) is 51.1 Å². The number of ether oxygens (including phenoxy) is 5. The number of nitrogens with zero attached hydrogens (tertiary/aromatic N) is 6. The largest absolute Gasteiger partial charge is 0.496 e. The van der Waals surface area contributed by atoms with E-state index < -0.39 is 18.2 Å². The normalized spacial score (nSPS) is 18.0. The molecule has 16 heteroatoms. The molecule has 352 valence electrons. The number of carbonyl (C=O) groups is 1. The van der Waals surface area contributed by atoms with Crippen LogP contribution in [0.25, 0.3) is 58.8 Å². The van der Waals surface area contributed by atoms with Gasteiger partial charge in [0.2, 0.25) is 12.0 Å². The molecule has 69 heavy (non-hydrogen) atoms. The molecule has 6 bridgehead atoms. The number of fused-ring (bicyclic) bond motifs is 8. The van der Waals surface area contributed by atoms with Gasteiger partial charge in [-0.25, -0.2) is 24.7 Å². The Labute approximate surface area is 412 Å². The Hall–Kier alpha value is -6.29. The quantitative estimate of drug-likeness (QED) is 0.137. The third kappa shape index (κ3) is 8.63. The summed E-state index contributed by atoms with van der Waals surface area (Å²) in [7, 11) is 3.73. The van der Waals surface area contributed by atoms with E-state index >= 15 is 0 Å². The number of likely N-dealkylation sites (N-methyl/N-ethyl adjacent to an activating group) is 1. The van der Waals surface area contributed by atoms with E-state index in [0.717, 1.165) is 93.8 Å². The highest BCUT2D eigenvalue weighted by Gasteiger charge is 2.31. The van der Waals surface area contributed by atoms with Crippen molar-refractivity contribution in [3.8, 4) is 40.3 Å². The molecule has 8 aromatic rings. The topological polar surface area (TPSA) is 141 Å². The molecule has 6 heterocycles. The number of aromatic nitrogens is 4. The van der Waals surface area contributed by atoms with Crippen molar-refractivity contribution in [2.45, 2.75) is 51.4 Å². The third-order valence-electron chi connectivity index (χ3n) is 13.4. The maximum absolute atomic E-state index is 13.4. The summed E-state index contributed by atoms with van der Waals surface area (Å²) < 4.78 is 33.2. The second-order valence-corrected chi connectivity index (χ2v) is 19.6. The Morgan fingerprint density at radius 1 is 0.913 bits per heavy atom. The summed E-state index contributed by atoms with van der Waals surface area (Å²) in [5, 5.41) is 16.5. The number of aliphatic carboxylic acids is 1. The first-order valence-corrected chi connectivity index (χ1v) is 24.6. The lowest BCUT2D eigenvalue weighted by atomic mass is 9.92. The SMILES string of the molecule is COc1ccccc1-c1nccc(COc2ccc3cc2CC(C(=O)O)Oc2ncnc4sc5c6ccc(C7=CCCC7)cc6c6c(Cl)c(c(Cl)c(C)c6c5c24)O[C@H](CN2CCN(C)CC2)CO3)n1. The number of para-hydroxylation sites is 1.